The van der Waals surface area contributed by atoms with Crippen molar-refractivity contribution < 1.29 is 9.90 Å². The van der Waals surface area contributed by atoms with Gasteiger partial charge in [0.15, 0.2) is 0 Å². The third-order valence-corrected chi connectivity index (χ3v) is 4.76. The fraction of sp³-hybridized carbons (Fsp3) is 0.208. The maximum Gasteiger partial charge on any atom is 0.224 e. The van der Waals surface area contributed by atoms with E-state index in [-0.39, 0.29) is 5.91 Å². The largest absolute Gasteiger partial charge is 0.385 e. The number of aliphatic hydroxyl groups is 1. The van der Waals surface area contributed by atoms with Crippen LogP contribution in [0.5, 0.6) is 0 Å². The Kier molecular flexibility index (Phi) is 6.05. The van der Waals surface area contributed by atoms with Crippen molar-refractivity contribution in [3.05, 3.63) is 96.1 Å². The van der Waals surface area contributed by atoms with E-state index in [1.165, 1.54) is 0 Å². The van der Waals surface area contributed by atoms with Crippen LogP contribution in [-0.2, 0) is 16.8 Å². The van der Waals surface area contributed by atoms with Gasteiger partial charge in [0, 0.05) is 6.54 Å². The number of rotatable bonds is 7. The van der Waals surface area contributed by atoms with E-state index >= 15 is 0 Å². The second kappa shape index (κ2) is 8.65. The van der Waals surface area contributed by atoms with E-state index in [2.05, 4.69) is 17.4 Å². The summed E-state index contributed by atoms with van der Waals surface area (Å²) in [6.45, 7) is 2.21. The summed E-state index contributed by atoms with van der Waals surface area (Å²) in [7, 11) is 0. The summed E-state index contributed by atoms with van der Waals surface area (Å²) in [5, 5.41) is 13.5. The molecule has 0 heterocycles. The van der Waals surface area contributed by atoms with Gasteiger partial charge in [-0.05, 0) is 35.6 Å². The number of benzene rings is 3. The standard InChI is InChI=1S/C24H25NO2/c1-24(27,22-10-6-3-7-11-22)16-17-25-23(26)18-19-12-14-21(15-13-19)20-8-4-2-5-9-20/h2-15,27H,16-18H2,1H3,(H,25,26)/t24-/m0/s1. The molecular formula is C24H25NO2. The Bertz CT molecular complexity index is 856. The molecule has 0 aliphatic carbocycles. The summed E-state index contributed by atoms with van der Waals surface area (Å²) >= 11 is 0. The molecule has 27 heavy (non-hydrogen) atoms. The van der Waals surface area contributed by atoms with Crippen molar-refractivity contribution in [2.75, 3.05) is 6.54 Å². The highest BCUT2D eigenvalue weighted by molar-refractivity contribution is 5.78. The molecule has 0 spiro atoms. The molecule has 0 bridgehead atoms. The van der Waals surface area contributed by atoms with Crippen LogP contribution in [-0.4, -0.2) is 17.6 Å². The highest BCUT2D eigenvalue weighted by Gasteiger charge is 2.22. The predicted octanol–water partition coefficient (Wildman–Crippen LogP) is 4.31. The molecule has 0 aliphatic heterocycles. The maximum absolute atomic E-state index is 12.2. The lowest BCUT2D eigenvalue weighted by atomic mass is 9.92. The van der Waals surface area contributed by atoms with Gasteiger partial charge in [0.1, 0.15) is 0 Å². The Labute approximate surface area is 160 Å². The highest BCUT2D eigenvalue weighted by Crippen LogP contribution is 2.23. The number of carbonyl (C=O) groups is 1. The normalized spacial score (nSPS) is 13.0. The van der Waals surface area contributed by atoms with Gasteiger partial charge in [0.2, 0.25) is 5.91 Å². The average Bonchev–Trinajstić information content (AvgIpc) is 2.70. The topological polar surface area (TPSA) is 49.3 Å². The van der Waals surface area contributed by atoms with Gasteiger partial charge < -0.3 is 10.4 Å². The first-order chi connectivity index (χ1) is 13.0. The maximum atomic E-state index is 12.2. The van der Waals surface area contributed by atoms with Crippen LogP contribution >= 0.6 is 0 Å². The molecule has 0 saturated heterocycles. The molecule has 3 heteroatoms. The molecule has 3 rings (SSSR count). The van der Waals surface area contributed by atoms with E-state index in [1.54, 1.807) is 6.92 Å². The van der Waals surface area contributed by atoms with E-state index in [9.17, 15) is 9.90 Å². The van der Waals surface area contributed by atoms with Crippen LogP contribution in [0.1, 0.15) is 24.5 Å². The molecule has 0 saturated carbocycles. The molecular weight excluding hydrogens is 334 g/mol. The fourth-order valence-electron chi connectivity index (χ4n) is 3.08. The van der Waals surface area contributed by atoms with Crippen molar-refractivity contribution in [3.8, 4) is 11.1 Å². The third kappa shape index (κ3) is 5.28. The molecule has 2 N–H and O–H groups in total. The van der Waals surface area contributed by atoms with Crippen LogP contribution in [0, 0.1) is 0 Å². The van der Waals surface area contributed by atoms with E-state index in [1.807, 2.05) is 72.8 Å². The first-order valence-corrected chi connectivity index (χ1v) is 9.23. The van der Waals surface area contributed by atoms with Crippen LogP contribution in [0.3, 0.4) is 0 Å². The fourth-order valence-corrected chi connectivity index (χ4v) is 3.08. The lowest BCUT2D eigenvalue weighted by Gasteiger charge is -2.24. The lowest BCUT2D eigenvalue weighted by Crippen LogP contribution is -2.32. The van der Waals surface area contributed by atoms with Gasteiger partial charge in [-0.25, -0.2) is 0 Å². The van der Waals surface area contributed by atoms with Gasteiger partial charge in [-0.1, -0.05) is 84.9 Å². The van der Waals surface area contributed by atoms with Crippen molar-refractivity contribution in [1.82, 2.24) is 5.32 Å². The molecule has 0 unspecified atom stereocenters. The molecule has 0 radical (unpaired) electrons. The Morgan fingerprint density at radius 3 is 2.04 bits per heavy atom. The number of carbonyl (C=O) groups excluding carboxylic acids is 1. The van der Waals surface area contributed by atoms with Gasteiger partial charge in [-0.3, -0.25) is 4.79 Å². The van der Waals surface area contributed by atoms with Gasteiger partial charge in [0.25, 0.3) is 0 Å². The summed E-state index contributed by atoms with van der Waals surface area (Å²) in [6, 6.07) is 27.8. The molecule has 0 aliphatic rings. The number of hydrogen-bond donors (Lipinski definition) is 2. The minimum absolute atomic E-state index is 0.0358. The zero-order valence-electron chi connectivity index (χ0n) is 15.6. The average molecular weight is 359 g/mol. The molecule has 1 atom stereocenters. The van der Waals surface area contributed by atoms with Crippen LogP contribution in [0.4, 0.5) is 0 Å². The monoisotopic (exact) mass is 359 g/mol. The molecule has 0 fully saturated rings. The minimum atomic E-state index is -0.953. The van der Waals surface area contributed by atoms with Gasteiger partial charge >= 0.3 is 0 Å². The molecule has 3 nitrogen and oxygen atoms in total. The van der Waals surface area contributed by atoms with Crippen molar-refractivity contribution in [2.45, 2.75) is 25.4 Å². The Balaban J connectivity index is 1.49. The summed E-state index contributed by atoms with van der Waals surface area (Å²) in [6.07, 6.45) is 0.804. The Hall–Kier alpha value is -2.91. The smallest absolute Gasteiger partial charge is 0.224 e. The second-order valence-electron chi connectivity index (χ2n) is 6.98. The first kappa shape index (κ1) is 18.9. The van der Waals surface area contributed by atoms with Gasteiger partial charge in [-0.15, -0.1) is 0 Å². The quantitative estimate of drug-likeness (QED) is 0.660. The molecule has 3 aromatic carbocycles. The zero-order chi connectivity index (χ0) is 19.1. The van der Waals surface area contributed by atoms with Crippen LogP contribution in [0.25, 0.3) is 11.1 Å². The van der Waals surface area contributed by atoms with Crippen LogP contribution in [0.15, 0.2) is 84.9 Å². The zero-order valence-corrected chi connectivity index (χ0v) is 15.6. The third-order valence-electron chi connectivity index (χ3n) is 4.76. The summed E-state index contributed by atoms with van der Waals surface area (Å²) < 4.78 is 0. The highest BCUT2D eigenvalue weighted by atomic mass is 16.3. The number of amides is 1. The minimum Gasteiger partial charge on any atom is -0.385 e. The van der Waals surface area contributed by atoms with E-state index in [0.717, 1.165) is 22.3 Å². The van der Waals surface area contributed by atoms with Crippen molar-refractivity contribution in [1.29, 1.82) is 0 Å². The van der Waals surface area contributed by atoms with E-state index in [0.29, 0.717) is 19.4 Å². The van der Waals surface area contributed by atoms with Crippen molar-refractivity contribution in [2.24, 2.45) is 0 Å². The molecule has 3 aromatic rings. The number of hydrogen-bond acceptors (Lipinski definition) is 2. The van der Waals surface area contributed by atoms with Crippen LogP contribution in [0.2, 0.25) is 0 Å². The van der Waals surface area contributed by atoms with E-state index in [4.69, 9.17) is 0 Å². The van der Waals surface area contributed by atoms with E-state index < -0.39 is 5.60 Å². The number of nitrogens with one attached hydrogen (secondary N) is 1. The molecule has 1 amide bonds. The van der Waals surface area contributed by atoms with Gasteiger partial charge in [0.05, 0.1) is 12.0 Å². The Morgan fingerprint density at radius 1 is 0.852 bits per heavy atom. The van der Waals surface area contributed by atoms with Gasteiger partial charge in [-0.2, -0.15) is 0 Å². The van der Waals surface area contributed by atoms with Crippen LogP contribution < -0.4 is 5.32 Å². The van der Waals surface area contributed by atoms with Crippen molar-refractivity contribution in [3.63, 3.8) is 0 Å². The first-order valence-electron chi connectivity index (χ1n) is 9.23. The second-order valence-corrected chi connectivity index (χ2v) is 6.98. The lowest BCUT2D eigenvalue weighted by molar-refractivity contribution is -0.120. The molecule has 138 valence electrons. The molecule has 0 aromatic heterocycles. The summed E-state index contributed by atoms with van der Waals surface area (Å²) in [4.78, 5) is 12.2. The summed E-state index contributed by atoms with van der Waals surface area (Å²) in [5.41, 5.74) is 3.18. The Morgan fingerprint density at radius 2 is 1.41 bits per heavy atom. The van der Waals surface area contributed by atoms with Crippen molar-refractivity contribution >= 4 is 5.91 Å². The summed E-state index contributed by atoms with van der Waals surface area (Å²) in [5.74, 6) is -0.0358. The SMILES string of the molecule is C[C@](O)(CCNC(=O)Cc1ccc(-c2ccccc2)cc1)c1ccccc1. The predicted molar refractivity (Wildman–Crippen MR) is 109 cm³/mol.